The summed E-state index contributed by atoms with van der Waals surface area (Å²) in [5.41, 5.74) is 1.90. The number of thiocarbonyl (C=S) groups is 1. The van der Waals surface area contributed by atoms with E-state index in [-0.39, 0.29) is 5.78 Å². The molecule has 1 heterocycles. The second-order valence-electron chi connectivity index (χ2n) is 6.39. The molecule has 0 radical (unpaired) electrons. The average molecular weight is 362 g/mol. The minimum Gasteiger partial charge on any atom is -0.481 e. The van der Waals surface area contributed by atoms with Gasteiger partial charge in [0.1, 0.15) is 0 Å². The van der Waals surface area contributed by atoms with Crippen molar-refractivity contribution in [2.45, 2.75) is 44.9 Å². The van der Waals surface area contributed by atoms with Crippen molar-refractivity contribution in [3.05, 3.63) is 30.0 Å². The number of nitrogens with zero attached hydrogens (tertiary/aromatic N) is 1. The fourth-order valence-corrected chi connectivity index (χ4v) is 3.64. The Hall–Kier alpha value is -1.59. The van der Waals surface area contributed by atoms with Crippen LogP contribution in [-0.2, 0) is 9.53 Å². The molecule has 25 heavy (non-hydrogen) atoms. The quantitative estimate of drug-likeness (QED) is 0.554. The number of methoxy groups -OCH3 is 2. The summed E-state index contributed by atoms with van der Waals surface area (Å²) >= 11 is 5.66. The molecule has 0 N–H and O–H groups in total. The number of ether oxygens (including phenoxy) is 2. The van der Waals surface area contributed by atoms with Gasteiger partial charge in [-0.15, -0.1) is 0 Å². The number of ketones is 1. The van der Waals surface area contributed by atoms with E-state index in [1.807, 2.05) is 12.1 Å². The van der Waals surface area contributed by atoms with Crippen molar-refractivity contribution >= 4 is 28.4 Å². The summed E-state index contributed by atoms with van der Waals surface area (Å²) in [4.78, 5) is 17.7. The summed E-state index contributed by atoms with van der Waals surface area (Å²) in [6, 6.07) is 3.84. The summed E-state index contributed by atoms with van der Waals surface area (Å²) in [5.74, 6) is 1.11. The molecule has 0 saturated heterocycles. The zero-order chi connectivity index (χ0) is 18.1. The molecule has 0 aromatic carbocycles. The molecule has 1 aromatic heterocycles. The Balaban J connectivity index is 2.22. The molecule has 1 unspecified atom stereocenters. The maximum absolute atomic E-state index is 12.3. The van der Waals surface area contributed by atoms with E-state index in [0.717, 1.165) is 61.1 Å². The van der Waals surface area contributed by atoms with E-state index in [1.165, 1.54) is 0 Å². The Kier molecular flexibility index (Phi) is 8.22. The number of carbonyl (C=O) groups is 1. The molecule has 0 saturated carbocycles. The van der Waals surface area contributed by atoms with Crippen LogP contribution in [0, 0.1) is 5.92 Å². The molecule has 1 atom stereocenters. The maximum atomic E-state index is 12.3. The zero-order valence-electron chi connectivity index (χ0n) is 15.1. The Morgan fingerprint density at radius 2 is 2.12 bits per heavy atom. The van der Waals surface area contributed by atoms with Crippen LogP contribution in [0.15, 0.2) is 24.4 Å². The van der Waals surface area contributed by atoms with Crippen molar-refractivity contribution in [2.24, 2.45) is 5.92 Å². The van der Waals surface area contributed by atoms with Gasteiger partial charge >= 0.3 is 0 Å². The number of hydrogen-bond donors (Lipinski definition) is 0. The Morgan fingerprint density at radius 3 is 2.88 bits per heavy atom. The first-order valence-corrected chi connectivity index (χ1v) is 9.31. The van der Waals surface area contributed by atoms with Gasteiger partial charge < -0.3 is 9.47 Å². The first-order chi connectivity index (χ1) is 12.2. The molecule has 0 bridgehead atoms. The van der Waals surface area contributed by atoms with Gasteiger partial charge in [-0.1, -0.05) is 12.2 Å². The lowest BCUT2D eigenvalue weighted by atomic mass is 9.86. The highest BCUT2D eigenvalue weighted by molar-refractivity contribution is 7.80. The number of pyridine rings is 1. The highest BCUT2D eigenvalue weighted by atomic mass is 32.1. The minimum atomic E-state index is 0.154. The van der Waals surface area contributed by atoms with Crippen LogP contribution in [0.4, 0.5) is 0 Å². The SMILES string of the molecule is COCCCC1CCC(c2cccnc2OC)=CC(=O)CCCC1=S. The van der Waals surface area contributed by atoms with E-state index in [2.05, 4.69) is 4.98 Å². The maximum Gasteiger partial charge on any atom is 0.220 e. The van der Waals surface area contributed by atoms with Crippen molar-refractivity contribution in [3.8, 4) is 5.88 Å². The molecule has 5 heteroatoms. The Morgan fingerprint density at radius 1 is 1.28 bits per heavy atom. The molecule has 0 aliphatic heterocycles. The van der Waals surface area contributed by atoms with Gasteiger partial charge in [0, 0.05) is 31.9 Å². The molecule has 1 aliphatic carbocycles. The third kappa shape index (κ3) is 6.01. The molecule has 0 amide bonds. The van der Waals surface area contributed by atoms with Gasteiger partial charge in [-0.05, 0) is 73.1 Å². The molecular weight excluding hydrogens is 334 g/mol. The highest BCUT2D eigenvalue weighted by Crippen LogP contribution is 2.31. The predicted molar refractivity (Wildman–Crippen MR) is 104 cm³/mol. The van der Waals surface area contributed by atoms with E-state index in [0.29, 0.717) is 18.2 Å². The first kappa shape index (κ1) is 19.7. The number of hydrogen-bond acceptors (Lipinski definition) is 5. The zero-order valence-corrected chi connectivity index (χ0v) is 15.9. The number of allylic oxidation sites excluding steroid dienone is 2. The Labute approximate surface area is 155 Å². The van der Waals surface area contributed by atoms with Gasteiger partial charge in [-0.3, -0.25) is 4.79 Å². The topological polar surface area (TPSA) is 48.4 Å². The van der Waals surface area contributed by atoms with Gasteiger partial charge in [0.05, 0.1) is 7.11 Å². The summed E-state index contributed by atoms with van der Waals surface area (Å²) in [6.45, 7) is 0.761. The lowest BCUT2D eigenvalue weighted by Crippen LogP contribution is -2.15. The molecule has 2 rings (SSSR count). The van der Waals surface area contributed by atoms with Crippen LogP contribution in [0.25, 0.3) is 5.57 Å². The smallest absolute Gasteiger partial charge is 0.220 e. The third-order valence-corrected chi connectivity index (χ3v) is 5.15. The molecule has 1 aliphatic rings. The summed E-state index contributed by atoms with van der Waals surface area (Å²) < 4.78 is 10.6. The van der Waals surface area contributed by atoms with Gasteiger partial charge in [0.15, 0.2) is 5.78 Å². The molecule has 4 nitrogen and oxygen atoms in total. The van der Waals surface area contributed by atoms with Crippen LogP contribution in [0.5, 0.6) is 5.88 Å². The van der Waals surface area contributed by atoms with Crippen molar-refractivity contribution in [2.75, 3.05) is 20.8 Å². The highest BCUT2D eigenvalue weighted by Gasteiger charge is 2.19. The molecule has 0 fully saturated rings. The molecule has 136 valence electrons. The van der Waals surface area contributed by atoms with Crippen molar-refractivity contribution in [1.29, 1.82) is 0 Å². The van der Waals surface area contributed by atoms with E-state index in [9.17, 15) is 4.79 Å². The van der Waals surface area contributed by atoms with E-state index in [4.69, 9.17) is 21.7 Å². The van der Waals surface area contributed by atoms with Crippen molar-refractivity contribution < 1.29 is 14.3 Å². The van der Waals surface area contributed by atoms with Crippen LogP contribution < -0.4 is 4.74 Å². The largest absolute Gasteiger partial charge is 0.481 e. The van der Waals surface area contributed by atoms with E-state index in [1.54, 1.807) is 26.5 Å². The van der Waals surface area contributed by atoms with Gasteiger partial charge in [-0.25, -0.2) is 4.98 Å². The van der Waals surface area contributed by atoms with Crippen LogP contribution in [0.1, 0.15) is 50.5 Å². The predicted octanol–water partition coefficient (Wildman–Crippen LogP) is 4.42. The second kappa shape index (κ2) is 10.4. The lowest BCUT2D eigenvalue weighted by molar-refractivity contribution is -0.114. The monoisotopic (exact) mass is 361 g/mol. The lowest BCUT2D eigenvalue weighted by Gasteiger charge is -2.21. The summed E-state index contributed by atoms with van der Waals surface area (Å²) in [7, 11) is 3.34. The fraction of sp³-hybridized carbons (Fsp3) is 0.550. The van der Waals surface area contributed by atoms with Crippen LogP contribution in [0.3, 0.4) is 0 Å². The summed E-state index contributed by atoms with van der Waals surface area (Å²) in [6.07, 6.45) is 9.49. The molecular formula is C20H27NO3S. The molecule has 1 aromatic rings. The standard InChI is InChI=1S/C20H27NO3S/c1-23-13-5-6-15-10-11-16(14-17(22)7-3-9-19(15)25)18-8-4-12-21-20(18)24-2/h4,8,12,14-15H,3,5-7,9-11,13H2,1-2H3. The number of carbonyl (C=O) groups excluding carboxylic acids is 1. The van der Waals surface area contributed by atoms with E-state index >= 15 is 0 Å². The Bertz CT molecular complexity index is 627. The molecule has 0 spiro atoms. The van der Waals surface area contributed by atoms with Crippen LogP contribution in [0.2, 0.25) is 0 Å². The second-order valence-corrected chi connectivity index (χ2v) is 6.91. The normalized spacial score (nSPS) is 19.4. The number of rotatable bonds is 6. The minimum absolute atomic E-state index is 0.154. The number of aromatic nitrogens is 1. The average Bonchev–Trinajstić information content (AvgIpc) is 2.62. The first-order valence-electron chi connectivity index (χ1n) is 8.90. The van der Waals surface area contributed by atoms with Gasteiger partial charge in [-0.2, -0.15) is 0 Å². The van der Waals surface area contributed by atoms with E-state index < -0.39 is 0 Å². The fourth-order valence-electron chi connectivity index (χ4n) is 3.26. The van der Waals surface area contributed by atoms with Gasteiger partial charge in [0.2, 0.25) is 5.88 Å². The summed E-state index contributed by atoms with van der Waals surface area (Å²) in [5, 5.41) is 0. The third-order valence-electron chi connectivity index (χ3n) is 4.61. The van der Waals surface area contributed by atoms with Crippen LogP contribution >= 0.6 is 12.2 Å². The van der Waals surface area contributed by atoms with Gasteiger partial charge in [0.25, 0.3) is 0 Å². The van der Waals surface area contributed by atoms with Crippen LogP contribution in [-0.4, -0.2) is 36.5 Å². The van der Waals surface area contributed by atoms with Crippen molar-refractivity contribution in [1.82, 2.24) is 4.98 Å². The van der Waals surface area contributed by atoms with Crippen molar-refractivity contribution in [3.63, 3.8) is 0 Å².